The van der Waals surface area contributed by atoms with E-state index in [1.54, 1.807) is 18.3 Å². The Morgan fingerprint density at radius 2 is 2.04 bits per heavy atom. The molecule has 2 aromatic carbocycles. The summed E-state index contributed by atoms with van der Waals surface area (Å²) in [5, 5.41) is 15.4. The Morgan fingerprint density at radius 1 is 1.26 bits per heavy atom. The molecular weight excluding hydrogens is 310 g/mol. The van der Waals surface area contributed by atoms with Crippen molar-refractivity contribution in [3.63, 3.8) is 0 Å². The Morgan fingerprint density at radius 3 is 2.74 bits per heavy atom. The molecule has 1 aliphatic heterocycles. The van der Waals surface area contributed by atoms with Gasteiger partial charge in [-0.1, -0.05) is 30.3 Å². The third kappa shape index (κ3) is 3.55. The third-order valence-corrected chi connectivity index (χ3v) is 4.03. The number of nitrogens with zero attached hydrogens (tertiary/aromatic N) is 3. The van der Waals surface area contributed by atoms with Gasteiger partial charge in [0.05, 0.1) is 6.54 Å². The second-order valence-electron chi connectivity index (χ2n) is 5.16. The van der Waals surface area contributed by atoms with E-state index in [1.807, 2.05) is 37.3 Å². The van der Waals surface area contributed by atoms with Gasteiger partial charge in [-0.3, -0.25) is 4.99 Å². The zero-order valence-electron chi connectivity index (χ0n) is 12.6. The molecule has 1 N–H and O–H groups in total. The number of phenolic OH excluding ortho intramolecular Hbond substituents is 1. The number of rotatable bonds is 4. The Labute approximate surface area is 140 Å². The lowest BCUT2D eigenvalue weighted by Crippen LogP contribution is -2.23. The van der Waals surface area contributed by atoms with Crippen LogP contribution in [-0.4, -0.2) is 29.4 Å². The average Bonchev–Trinajstić information content (AvgIpc) is 2.58. The van der Waals surface area contributed by atoms with E-state index in [0.29, 0.717) is 11.4 Å². The van der Waals surface area contributed by atoms with Crippen molar-refractivity contribution in [2.24, 2.45) is 10.1 Å². The van der Waals surface area contributed by atoms with Gasteiger partial charge in [-0.05, 0) is 35.7 Å². The van der Waals surface area contributed by atoms with E-state index < -0.39 is 6.10 Å². The fraction of sp³-hybridized carbons (Fsp3) is 0.176. The van der Waals surface area contributed by atoms with Crippen LogP contribution in [0.5, 0.6) is 5.75 Å². The lowest BCUT2D eigenvalue weighted by atomic mass is 9.97. The molecule has 0 saturated heterocycles. The van der Waals surface area contributed by atoms with Gasteiger partial charge in [0.25, 0.3) is 0 Å². The molecule has 0 amide bonds. The minimum Gasteiger partial charge on any atom is -0.508 e. The standard InChI is InChI=1S/C17H17N3O2S/c1-12-15(9-14(21)10-16(12)23)17(13-5-3-2-4-6-13)22-20-11-18-7-8-19-20/h2-6,8-11,17,21,23H,7H2,1H3. The van der Waals surface area contributed by atoms with Gasteiger partial charge >= 0.3 is 0 Å². The normalized spacial score (nSPS) is 15.0. The van der Waals surface area contributed by atoms with E-state index in [-0.39, 0.29) is 5.75 Å². The summed E-state index contributed by atoms with van der Waals surface area (Å²) in [4.78, 5) is 10.8. The van der Waals surface area contributed by atoms with Gasteiger partial charge in [0.2, 0.25) is 0 Å². The van der Waals surface area contributed by atoms with Crippen LogP contribution in [0.25, 0.3) is 0 Å². The SMILES string of the molecule is Cc1c(S)cc(O)cc1C(ON1C=NCC=N1)c1ccccc1. The first kappa shape index (κ1) is 15.6. The van der Waals surface area contributed by atoms with E-state index in [2.05, 4.69) is 22.7 Å². The molecular formula is C17H17N3O2S. The van der Waals surface area contributed by atoms with Crippen LogP contribution >= 0.6 is 12.6 Å². The molecule has 6 heteroatoms. The van der Waals surface area contributed by atoms with Crippen LogP contribution in [0.2, 0.25) is 0 Å². The Balaban J connectivity index is 2.03. The van der Waals surface area contributed by atoms with E-state index in [0.717, 1.165) is 16.7 Å². The van der Waals surface area contributed by atoms with Gasteiger partial charge in [-0.15, -0.1) is 17.8 Å². The summed E-state index contributed by atoms with van der Waals surface area (Å²) in [6, 6.07) is 13.1. The number of benzene rings is 2. The zero-order chi connectivity index (χ0) is 16.2. The number of hydrogen-bond acceptors (Lipinski definition) is 6. The smallest absolute Gasteiger partial charge is 0.138 e. The van der Waals surface area contributed by atoms with Gasteiger partial charge in [0.1, 0.15) is 18.2 Å². The van der Waals surface area contributed by atoms with Crippen molar-refractivity contribution in [2.75, 3.05) is 6.54 Å². The molecule has 0 bridgehead atoms. The number of hydroxylamine groups is 1. The van der Waals surface area contributed by atoms with Gasteiger partial charge in [0.15, 0.2) is 0 Å². The molecule has 0 aliphatic carbocycles. The van der Waals surface area contributed by atoms with Crippen molar-refractivity contribution in [3.05, 3.63) is 59.2 Å². The molecule has 0 radical (unpaired) electrons. The molecule has 0 spiro atoms. The number of phenols is 1. The van der Waals surface area contributed by atoms with Crippen molar-refractivity contribution < 1.29 is 9.94 Å². The van der Waals surface area contributed by atoms with Crippen LogP contribution < -0.4 is 0 Å². The van der Waals surface area contributed by atoms with Crippen LogP contribution in [-0.2, 0) is 4.84 Å². The fourth-order valence-electron chi connectivity index (χ4n) is 2.38. The van der Waals surface area contributed by atoms with Crippen LogP contribution in [0, 0.1) is 6.92 Å². The summed E-state index contributed by atoms with van der Waals surface area (Å²) < 4.78 is 0. The minimum atomic E-state index is -0.434. The second-order valence-corrected chi connectivity index (χ2v) is 5.64. The van der Waals surface area contributed by atoms with E-state index in [1.165, 1.54) is 11.5 Å². The molecule has 3 rings (SSSR count). The van der Waals surface area contributed by atoms with Crippen LogP contribution in [0.15, 0.2) is 57.5 Å². The Kier molecular flexibility index (Phi) is 4.64. The molecule has 118 valence electrons. The molecule has 1 atom stereocenters. The Bertz CT molecular complexity index is 735. The largest absolute Gasteiger partial charge is 0.508 e. The van der Waals surface area contributed by atoms with Crippen molar-refractivity contribution in [2.45, 2.75) is 17.9 Å². The molecule has 2 aromatic rings. The van der Waals surface area contributed by atoms with Gasteiger partial charge in [0, 0.05) is 11.1 Å². The lowest BCUT2D eigenvalue weighted by Gasteiger charge is -2.25. The highest BCUT2D eigenvalue weighted by Gasteiger charge is 2.22. The first-order chi connectivity index (χ1) is 11.1. The van der Waals surface area contributed by atoms with Crippen molar-refractivity contribution in [1.29, 1.82) is 0 Å². The molecule has 0 aromatic heterocycles. The van der Waals surface area contributed by atoms with Crippen LogP contribution in [0.4, 0.5) is 0 Å². The summed E-state index contributed by atoms with van der Waals surface area (Å²) in [7, 11) is 0. The van der Waals surface area contributed by atoms with Crippen LogP contribution in [0.1, 0.15) is 22.8 Å². The van der Waals surface area contributed by atoms with Crippen LogP contribution in [0.3, 0.4) is 0 Å². The summed E-state index contributed by atoms with van der Waals surface area (Å²) >= 11 is 4.43. The monoisotopic (exact) mass is 327 g/mol. The van der Waals surface area contributed by atoms with Gasteiger partial charge < -0.3 is 5.11 Å². The molecule has 23 heavy (non-hydrogen) atoms. The second kappa shape index (κ2) is 6.85. The van der Waals surface area contributed by atoms with Crippen molar-refractivity contribution in [3.8, 4) is 5.75 Å². The maximum atomic E-state index is 9.95. The zero-order valence-corrected chi connectivity index (χ0v) is 13.5. The molecule has 1 aliphatic rings. The topological polar surface area (TPSA) is 57.4 Å². The molecule has 1 heterocycles. The highest BCUT2D eigenvalue weighted by atomic mass is 32.1. The number of hydrazone groups is 1. The van der Waals surface area contributed by atoms with E-state index >= 15 is 0 Å². The number of hydrogen-bond donors (Lipinski definition) is 2. The fourth-order valence-corrected chi connectivity index (χ4v) is 2.64. The molecule has 0 fully saturated rings. The average molecular weight is 327 g/mol. The highest BCUT2D eigenvalue weighted by molar-refractivity contribution is 7.80. The molecule has 5 nitrogen and oxygen atoms in total. The summed E-state index contributed by atoms with van der Waals surface area (Å²) in [5.41, 5.74) is 2.72. The summed E-state index contributed by atoms with van der Waals surface area (Å²) in [6.45, 7) is 2.49. The van der Waals surface area contributed by atoms with Crippen molar-refractivity contribution >= 4 is 25.2 Å². The molecule has 1 unspecified atom stereocenters. The van der Waals surface area contributed by atoms with Crippen molar-refractivity contribution in [1.82, 2.24) is 5.17 Å². The van der Waals surface area contributed by atoms with Gasteiger partial charge in [-0.2, -0.15) is 5.10 Å². The summed E-state index contributed by atoms with van der Waals surface area (Å²) in [5.74, 6) is 0.149. The predicted molar refractivity (Wildman–Crippen MR) is 93.2 cm³/mol. The third-order valence-electron chi connectivity index (χ3n) is 3.57. The highest BCUT2D eigenvalue weighted by Crippen LogP contribution is 2.34. The first-order valence-corrected chi connectivity index (χ1v) is 7.65. The maximum Gasteiger partial charge on any atom is 0.138 e. The quantitative estimate of drug-likeness (QED) is 0.847. The van der Waals surface area contributed by atoms with E-state index in [4.69, 9.17) is 4.84 Å². The number of aromatic hydroxyl groups is 1. The van der Waals surface area contributed by atoms with Gasteiger partial charge in [-0.25, -0.2) is 4.84 Å². The molecule has 0 saturated carbocycles. The maximum absolute atomic E-state index is 9.95. The summed E-state index contributed by atoms with van der Waals surface area (Å²) in [6.07, 6.45) is 2.77. The lowest BCUT2D eigenvalue weighted by molar-refractivity contribution is -0.130. The predicted octanol–water partition coefficient (Wildman–Crippen LogP) is 3.34. The number of thiol groups is 1. The Hall–Kier alpha value is -2.31. The number of aliphatic imine (C=N–C) groups is 1. The van der Waals surface area contributed by atoms with E-state index in [9.17, 15) is 5.11 Å². The minimum absolute atomic E-state index is 0.149. The first-order valence-electron chi connectivity index (χ1n) is 7.21.